The number of hydrogen-bond acceptors (Lipinski definition) is 3. The summed E-state index contributed by atoms with van der Waals surface area (Å²) in [7, 11) is 0. The van der Waals surface area contributed by atoms with Gasteiger partial charge in [0, 0.05) is 12.4 Å². The Balaban J connectivity index is 2.51. The maximum Gasteiger partial charge on any atom is 0.237 e. The lowest BCUT2D eigenvalue weighted by Crippen LogP contribution is -2.39. The molecule has 1 rings (SSSR count). The Kier molecular flexibility index (Phi) is 3.02. The molecule has 0 bridgehead atoms. The molecule has 72 valence electrons. The van der Waals surface area contributed by atoms with E-state index in [1.54, 1.807) is 19.3 Å². The van der Waals surface area contributed by atoms with Crippen LogP contribution in [0.15, 0.2) is 12.4 Å². The molecule has 5 nitrogen and oxygen atoms in total. The number of amides is 1. The number of imidazole rings is 1. The first-order chi connectivity index (χ1) is 6.11. The van der Waals surface area contributed by atoms with Gasteiger partial charge in [0.05, 0.1) is 12.1 Å². The quantitative estimate of drug-likeness (QED) is 0.612. The topological polar surface area (TPSA) is 83.8 Å². The van der Waals surface area contributed by atoms with Crippen molar-refractivity contribution in [2.75, 3.05) is 0 Å². The van der Waals surface area contributed by atoms with Crippen molar-refractivity contribution in [3.8, 4) is 0 Å². The van der Waals surface area contributed by atoms with E-state index in [9.17, 15) is 4.79 Å². The van der Waals surface area contributed by atoms with Crippen molar-refractivity contribution >= 4 is 5.91 Å². The van der Waals surface area contributed by atoms with Crippen LogP contribution in [0.5, 0.6) is 0 Å². The maximum atomic E-state index is 11.2. The van der Waals surface area contributed by atoms with Crippen LogP contribution in [0.3, 0.4) is 0 Å². The van der Waals surface area contributed by atoms with Gasteiger partial charge < -0.3 is 16.0 Å². The highest BCUT2D eigenvalue weighted by Crippen LogP contribution is 2.04. The van der Waals surface area contributed by atoms with Crippen LogP contribution in [0.4, 0.5) is 0 Å². The van der Waals surface area contributed by atoms with Gasteiger partial charge in [0.25, 0.3) is 0 Å². The van der Waals surface area contributed by atoms with Crippen LogP contribution in [-0.2, 0) is 4.79 Å². The smallest absolute Gasteiger partial charge is 0.237 e. The van der Waals surface area contributed by atoms with Crippen molar-refractivity contribution in [1.82, 2.24) is 15.3 Å². The Morgan fingerprint density at radius 3 is 2.85 bits per heavy atom. The van der Waals surface area contributed by atoms with Crippen LogP contribution in [-0.4, -0.2) is 21.9 Å². The van der Waals surface area contributed by atoms with Crippen molar-refractivity contribution in [2.45, 2.75) is 25.9 Å². The average Bonchev–Trinajstić information content (AvgIpc) is 2.55. The number of nitrogens with one attached hydrogen (secondary N) is 2. The van der Waals surface area contributed by atoms with Crippen molar-refractivity contribution in [2.24, 2.45) is 5.73 Å². The van der Waals surface area contributed by atoms with E-state index in [1.807, 2.05) is 6.92 Å². The Morgan fingerprint density at radius 2 is 2.38 bits per heavy atom. The van der Waals surface area contributed by atoms with Gasteiger partial charge in [0.2, 0.25) is 5.91 Å². The zero-order valence-corrected chi connectivity index (χ0v) is 7.74. The lowest BCUT2D eigenvalue weighted by atomic mass is 10.2. The number of hydrogen-bond donors (Lipinski definition) is 3. The van der Waals surface area contributed by atoms with Crippen molar-refractivity contribution in [1.29, 1.82) is 0 Å². The van der Waals surface area contributed by atoms with Gasteiger partial charge in [-0.1, -0.05) is 0 Å². The minimum Gasteiger partial charge on any atom is -0.347 e. The SMILES string of the molecule is CC(NC(=O)[C@H](C)N)c1ncc[nH]1. The molecular formula is C8H14N4O. The first-order valence-electron chi connectivity index (χ1n) is 4.16. The zero-order valence-electron chi connectivity index (χ0n) is 7.74. The first-order valence-corrected chi connectivity index (χ1v) is 4.16. The molecule has 0 aliphatic rings. The second kappa shape index (κ2) is 4.04. The number of carbonyl (C=O) groups excluding carboxylic acids is 1. The normalized spacial score (nSPS) is 15.0. The Morgan fingerprint density at radius 1 is 1.69 bits per heavy atom. The molecule has 1 amide bonds. The Bertz CT molecular complexity index is 268. The molecule has 0 saturated heterocycles. The fourth-order valence-electron chi connectivity index (χ4n) is 0.927. The molecule has 0 fully saturated rings. The number of nitrogens with zero attached hydrogens (tertiary/aromatic N) is 1. The third kappa shape index (κ3) is 2.55. The fraction of sp³-hybridized carbons (Fsp3) is 0.500. The summed E-state index contributed by atoms with van der Waals surface area (Å²) >= 11 is 0. The van der Waals surface area contributed by atoms with E-state index in [-0.39, 0.29) is 11.9 Å². The van der Waals surface area contributed by atoms with Crippen LogP contribution in [0.1, 0.15) is 25.7 Å². The lowest BCUT2D eigenvalue weighted by molar-refractivity contribution is -0.122. The Labute approximate surface area is 76.7 Å². The fourth-order valence-corrected chi connectivity index (χ4v) is 0.927. The highest BCUT2D eigenvalue weighted by molar-refractivity contribution is 5.81. The summed E-state index contributed by atoms with van der Waals surface area (Å²) < 4.78 is 0. The summed E-state index contributed by atoms with van der Waals surface area (Å²) in [4.78, 5) is 18.1. The van der Waals surface area contributed by atoms with Crippen molar-refractivity contribution in [3.05, 3.63) is 18.2 Å². The Hall–Kier alpha value is -1.36. The van der Waals surface area contributed by atoms with Crippen LogP contribution in [0.25, 0.3) is 0 Å². The average molecular weight is 182 g/mol. The lowest BCUT2D eigenvalue weighted by Gasteiger charge is -2.12. The molecular weight excluding hydrogens is 168 g/mol. The van der Waals surface area contributed by atoms with Crippen LogP contribution in [0.2, 0.25) is 0 Å². The molecule has 0 aliphatic carbocycles. The number of H-pyrrole nitrogens is 1. The predicted molar refractivity (Wildman–Crippen MR) is 48.8 cm³/mol. The molecule has 1 aromatic rings. The second-order valence-corrected chi connectivity index (χ2v) is 2.99. The zero-order chi connectivity index (χ0) is 9.84. The van der Waals surface area contributed by atoms with E-state index in [0.717, 1.165) is 5.82 Å². The van der Waals surface area contributed by atoms with Gasteiger partial charge in [-0.3, -0.25) is 4.79 Å². The number of aromatic amines is 1. The van der Waals surface area contributed by atoms with Gasteiger partial charge in [-0.25, -0.2) is 4.98 Å². The second-order valence-electron chi connectivity index (χ2n) is 2.99. The van der Waals surface area contributed by atoms with Gasteiger partial charge >= 0.3 is 0 Å². The van der Waals surface area contributed by atoms with E-state index in [0.29, 0.717) is 0 Å². The largest absolute Gasteiger partial charge is 0.347 e. The molecule has 4 N–H and O–H groups in total. The van der Waals surface area contributed by atoms with E-state index in [4.69, 9.17) is 5.73 Å². The number of rotatable bonds is 3. The third-order valence-corrected chi connectivity index (χ3v) is 1.70. The molecule has 1 unspecified atom stereocenters. The molecule has 0 radical (unpaired) electrons. The van der Waals surface area contributed by atoms with E-state index in [2.05, 4.69) is 15.3 Å². The summed E-state index contributed by atoms with van der Waals surface area (Å²) in [6.07, 6.45) is 3.35. The number of aromatic nitrogens is 2. The van der Waals surface area contributed by atoms with Crippen LogP contribution in [0, 0.1) is 0 Å². The van der Waals surface area contributed by atoms with Gasteiger partial charge in [0.15, 0.2) is 0 Å². The molecule has 1 heterocycles. The number of carbonyl (C=O) groups is 1. The van der Waals surface area contributed by atoms with Crippen LogP contribution >= 0.6 is 0 Å². The van der Waals surface area contributed by atoms with E-state index in [1.165, 1.54) is 0 Å². The monoisotopic (exact) mass is 182 g/mol. The molecule has 0 saturated carbocycles. The minimum absolute atomic E-state index is 0.131. The van der Waals surface area contributed by atoms with Crippen LogP contribution < -0.4 is 11.1 Å². The van der Waals surface area contributed by atoms with Gasteiger partial charge in [-0.2, -0.15) is 0 Å². The minimum atomic E-state index is -0.489. The number of nitrogens with two attached hydrogens (primary N) is 1. The third-order valence-electron chi connectivity index (χ3n) is 1.70. The molecule has 0 aromatic carbocycles. The summed E-state index contributed by atoms with van der Waals surface area (Å²) in [5, 5.41) is 2.72. The predicted octanol–water partition coefficient (Wildman–Crippen LogP) is -0.0659. The standard InChI is InChI=1S/C8H14N4O/c1-5(9)8(13)12-6(2)7-10-3-4-11-7/h3-6H,9H2,1-2H3,(H,10,11)(H,12,13)/t5-,6?/m0/s1. The van der Waals surface area contributed by atoms with Gasteiger partial charge in [-0.15, -0.1) is 0 Å². The first kappa shape index (κ1) is 9.73. The molecule has 0 spiro atoms. The van der Waals surface area contributed by atoms with E-state index < -0.39 is 6.04 Å². The van der Waals surface area contributed by atoms with Gasteiger partial charge in [0.1, 0.15) is 5.82 Å². The van der Waals surface area contributed by atoms with Crippen molar-refractivity contribution < 1.29 is 4.79 Å². The van der Waals surface area contributed by atoms with E-state index >= 15 is 0 Å². The molecule has 13 heavy (non-hydrogen) atoms. The summed E-state index contributed by atoms with van der Waals surface area (Å²) in [6.45, 7) is 3.49. The molecule has 5 heteroatoms. The maximum absolute atomic E-state index is 11.2. The summed E-state index contributed by atoms with van der Waals surface area (Å²) in [5.41, 5.74) is 5.39. The van der Waals surface area contributed by atoms with Crippen molar-refractivity contribution in [3.63, 3.8) is 0 Å². The molecule has 2 atom stereocenters. The highest BCUT2D eigenvalue weighted by atomic mass is 16.2. The molecule has 0 aliphatic heterocycles. The molecule has 1 aromatic heterocycles. The van der Waals surface area contributed by atoms with Gasteiger partial charge in [-0.05, 0) is 13.8 Å². The summed E-state index contributed by atoms with van der Waals surface area (Å²) in [5.74, 6) is 0.554. The summed E-state index contributed by atoms with van der Waals surface area (Å²) in [6, 6.07) is -0.620. The highest BCUT2D eigenvalue weighted by Gasteiger charge is 2.13.